The van der Waals surface area contributed by atoms with E-state index in [0.29, 0.717) is 0 Å². The molecule has 0 spiro atoms. The van der Waals surface area contributed by atoms with E-state index in [1.807, 2.05) is 18.2 Å². The van der Waals surface area contributed by atoms with Gasteiger partial charge in [-0.05, 0) is 17.7 Å². The molecule has 0 bridgehead atoms. The largest absolute Gasteiger partial charge is 0.497 e. The number of aliphatic hydroxyl groups is 1. The molecule has 4 heteroatoms. The lowest BCUT2D eigenvalue weighted by Crippen LogP contribution is -2.11. The lowest BCUT2D eigenvalue weighted by atomic mass is 10.1. The summed E-state index contributed by atoms with van der Waals surface area (Å²) in [6.45, 7) is 0.229. The molecule has 0 saturated carbocycles. The number of benzene rings is 1. The number of hydrogen-bond donors (Lipinski definition) is 2. The van der Waals surface area contributed by atoms with Crippen LogP contribution in [0.4, 0.5) is 0 Å². The van der Waals surface area contributed by atoms with Gasteiger partial charge in [-0.15, -0.1) is 12.4 Å². The van der Waals surface area contributed by atoms with Crippen LogP contribution in [-0.2, 0) is 0 Å². The van der Waals surface area contributed by atoms with Crippen molar-refractivity contribution in [2.24, 2.45) is 5.73 Å². The molecule has 0 aliphatic carbocycles. The van der Waals surface area contributed by atoms with E-state index in [1.165, 1.54) is 0 Å². The zero-order valence-corrected chi connectivity index (χ0v) is 8.25. The SMILES string of the molecule is COc1cccc(C(O)CN)c1.Cl. The fraction of sp³-hybridized carbons (Fsp3) is 0.333. The van der Waals surface area contributed by atoms with Crippen molar-refractivity contribution in [1.82, 2.24) is 0 Å². The average molecular weight is 204 g/mol. The fourth-order valence-electron chi connectivity index (χ4n) is 0.985. The first-order chi connectivity index (χ1) is 5.77. The van der Waals surface area contributed by atoms with E-state index >= 15 is 0 Å². The van der Waals surface area contributed by atoms with Crippen LogP contribution >= 0.6 is 12.4 Å². The molecular formula is C9H14ClNO2. The number of nitrogens with two attached hydrogens (primary N) is 1. The summed E-state index contributed by atoms with van der Waals surface area (Å²) in [6, 6.07) is 7.25. The predicted molar refractivity (Wildman–Crippen MR) is 54.3 cm³/mol. The molecule has 0 heterocycles. The smallest absolute Gasteiger partial charge is 0.119 e. The molecule has 1 aromatic carbocycles. The number of aliphatic hydroxyl groups excluding tert-OH is 1. The molecule has 3 nitrogen and oxygen atoms in total. The van der Waals surface area contributed by atoms with E-state index in [9.17, 15) is 5.11 Å². The van der Waals surface area contributed by atoms with Gasteiger partial charge in [0.05, 0.1) is 13.2 Å². The monoisotopic (exact) mass is 203 g/mol. The summed E-state index contributed by atoms with van der Waals surface area (Å²) in [7, 11) is 1.59. The van der Waals surface area contributed by atoms with Crippen molar-refractivity contribution < 1.29 is 9.84 Å². The average Bonchev–Trinajstić information content (AvgIpc) is 2.17. The van der Waals surface area contributed by atoms with Crippen molar-refractivity contribution >= 4 is 12.4 Å². The maximum Gasteiger partial charge on any atom is 0.119 e. The van der Waals surface area contributed by atoms with Crippen molar-refractivity contribution in [2.45, 2.75) is 6.10 Å². The summed E-state index contributed by atoms with van der Waals surface area (Å²) >= 11 is 0. The molecule has 0 aliphatic rings. The molecule has 0 fully saturated rings. The van der Waals surface area contributed by atoms with Crippen LogP contribution in [0, 0.1) is 0 Å². The highest BCUT2D eigenvalue weighted by Crippen LogP contribution is 2.17. The first-order valence-corrected chi connectivity index (χ1v) is 3.80. The fourth-order valence-corrected chi connectivity index (χ4v) is 0.985. The zero-order valence-electron chi connectivity index (χ0n) is 7.43. The van der Waals surface area contributed by atoms with Crippen LogP contribution < -0.4 is 10.5 Å². The highest BCUT2D eigenvalue weighted by Gasteiger charge is 2.04. The number of hydrogen-bond acceptors (Lipinski definition) is 3. The van der Waals surface area contributed by atoms with Crippen LogP contribution in [0.1, 0.15) is 11.7 Å². The summed E-state index contributed by atoms with van der Waals surface area (Å²) in [5.41, 5.74) is 6.09. The molecule has 1 rings (SSSR count). The molecule has 3 N–H and O–H groups in total. The van der Waals surface area contributed by atoms with Gasteiger partial charge in [-0.25, -0.2) is 0 Å². The topological polar surface area (TPSA) is 55.5 Å². The van der Waals surface area contributed by atoms with Gasteiger partial charge in [-0.3, -0.25) is 0 Å². The molecule has 13 heavy (non-hydrogen) atoms. The highest BCUT2D eigenvalue weighted by molar-refractivity contribution is 5.85. The van der Waals surface area contributed by atoms with Gasteiger partial charge in [0.2, 0.25) is 0 Å². The van der Waals surface area contributed by atoms with Crippen LogP contribution in [0.3, 0.4) is 0 Å². The molecule has 1 unspecified atom stereocenters. The minimum atomic E-state index is -0.597. The number of halogens is 1. The molecule has 1 aromatic rings. The van der Waals surface area contributed by atoms with Crippen molar-refractivity contribution in [2.75, 3.05) is 13.7 Å². The van der Waals surface area contributed by atoms with Crippen molar-refractivity contribution in [3.05, 3.63) is 29.8 Å². The minimum absolute atomic E-state index is 0. The van der Waals surface area contributed by atoms with Gasteiger partial charge < -0.3 is 15.6 Å². The number of methoxy groups -OCH3 is 1. The molecule has 0 radical (unpaired) electrons. The Morgan fingerprint density at radius 3 is 2.77 bits per heavy atom. The molecule has 1 atom stereocenters. The Morgan fingerprint density at radius 2 is 2.23 bits per heavy atom. The van der Waals surface area contributed by atoms with Crippen LogP contribution in [0.25, 0.3) is 0 Å². The first kappa shape index (κ1) is 12.2. The van der Waals surface area contributed by atoms with E-state index in [1.54, 1.807) is 13.2 Å². The van der Waals surface area contributed by atoms with Crippen molar-refractivity contribution in [1.29, 1.82) is 0 Å². The Balaban J connectivity index is 0.00000144. The number of rotatable bonds is 3. The first-order valence-electron chi connectivity index (χ1n) is 3.80. The third-order valence-electron chi connectivity index (χ3n) is 1.70. The third kappa shape index (κ3) is 3.22. The van der Waals surface area contributed by atoms with Crippen LogP contribution in [0.15, 0.2) is 24.3 Å². The molecule has 0 amide bonds. The minimum Gasteiger partial charge on any atom is -0.497 e. The molecule has 74 valence electrons. The van der Waals surface area contributed by atoms with Crippen molar-refractivity contribution in [3.63, 3.8) is 0 Å². The molecule has 0 aromatic heterocycles. The van der Waals surface area contributed by atoms with E-state index in [-0.39, 0.29) is 19.0 Å². The van der Waals surface area contributed by atoms with Crippen LogP contribution in [0.5, 0.6) is 5.75 Å². The summed E-state index contributed by atoms with van der Waals surface area (Å²) in [5.74, 6) is 0.736. The lowest BCUT2D eigenvalue weighted by molar-refractivity contribution is 0.186. The van der Waals surface area contributed by atoms with E-state index in [2.05, 4.69) is 0 Å². The van der Waals surface area contributed by atoms with Gasteiger partial charge in [0, 0.05) is 6.54 Å². The maximum absolute atomic E-state index is 9.37. The standard InChI is InChI=1S/C9H13NO2.ClH/c1-12-8-4-2-3-7(5-8)9(11)6-10;/h2-5,9,11H,6,10H2,1H3;1H. The second-order valence-electron chi connectivity index (χ2n) is 2.53. The molecular weight excluding hydrogens is 190 g/mol. The van der Waals surface area contributed by atoms with Crippen LogP contribution in [0.2, 0.25) is 0 Å². The quantitative estimate of drug-likeness (QED) is 0.774. The van der Waals surface area contributed by atoms with Gasteiger partial charge in [0.1, 0.15) is 5.75 Å². The Hall–Kier alpha value is -0.770. The molecule has 0 saturated heterocycles. The van der Waals surface area contributed by atoms with E-state index < -0.39 is 6.10 Å². The van der Waals surface area contributed by atoms with Gasteiger partial charge >= 0.3 is 0 Å². The Labute approximate surface area is 83.9 Å². The zero-order chi connectivity index (χ0) is 8.97. The van der Waals surface area contributed by atoms with Gasteiger partial charge in [0.25, 0.3) is 0 Å². The second kappa shape index (κ2) is 5.80. The van der Waals surface area contributed by atoms with Gasteiger partial charge in [0.15, 0.2) is 0 Å². The highest BCUT2D eigenvalue weighted by atomic mass is 35.5. The molecule has 0 aliphatic heterocycles. The summed E-state index contributed by atoms with van der Waals surface area (Å²) in [5, 5.41) is 9.37. The van der Waals surface area contributed by atoms with E-state index in [4.69, 9.17) is 10.5 Å². The summed E-state index contributed by atoms with van der Waals surface area (Å²) in [6.07, 6.45) is -0.597. The third-order valence-corrected chi connectivity index (χ3v) is 1.70. The van der Waals surface area contributed by atoms with Gasteiger partial charge in [-0.2, -0.15) is 0 Å². The van der Waals surface area contributed by atoms with Crippen molar-refractivity contribution in [3.8, 4) is 5.75 Å². The Kier molecular flexibility index (Phi) is 5.46. The normalized spacial score (nSPS) is 11.6. The Bertz CT molecular complexity index is 255. The maximum atomic E-state index is 9.37. The summed E-state index contributed by atoms with van der Waals surface area (Å²) < 4.78 is 5.00. The summed E-state index contributed by atoms with van der Waals surface area (Å²) in [4.78, 5) is 0. The second-order valence-corrected chi connectivity index (χ2v) is 2.53. The lowest BCUT2D eigenvalue weighted by Gasteiger charge is -2.08. The predicted octanol–water partition coefficient (Wildman–Crippen LogP) is 1.11. The van der Waals surface area contributed by atoms with Gasteiger partial charge in [-0.1, -0.05) is 12.1 Å². The van der Waals surface area contributed by atoms with Crippen LogP contribution in [-0.4, -0.2) is 18.8 Å². The number of ether oxygens (including phenoxy) is 1. The Morgan fingerprint density at radius 1 is 1.54 bits per heavy atom. The van der Waals surface area contributed by atoms with E-state index in [0.717, 1.165) is 11.3 Å².